The monoisotopic (exact) mass is 283 g/mol. The maximum atomic E-state index is 6.03. The van der Waals surface area contributed by atoms with Gasteiger partial charge in [0.1, 0.15) is 0 Å². The van der Waals surface area contributed by atoms with E-state index in [-0.39, 0.29) is 18.2 Å². The van der Waals surface area contributed by atoms with Crippen LogP contribution in [0.2, 0.25) is 5.02 Å². The van der Waals surface area contributed by atoms with Crippen molar-refractivity contribution in [3.63, 3.8) is 0 Å². The Morgan fingerprint density at radius 1 is 1.47 bits per heavy atom. The summed E-state index contributed by atoms with van der Waals surface area (Å²) < 4.78 is 11.7. The first-order valence-electron chi connectivity index (χ1n) is 6.91. The van der Waals surface area contributed by atoms with Crippen LogP contribution in [0, 0.1) is 0 Å². The fourth-order valence-corrected chi connectivity index (χ4v) is 2.58. The predicted octanol–water partition coefficient (Wildman–Crippen LogP) is 3.31. The molecule has 0 aromatic heterocycles. The van der Waals surface area contributed by atoms with Gasteiger partial charge in [0.25, 0.3) is 0 Å². The van der Waals surface area contributed by atoms with E-state index in [9.17, 15) is 0 Å². The molecule has 0 amide bonds. The third-order valence-corrected chi connectivity index (χ3v) is 3.63. The van der Waals surface area contributed by atoms with Crippen molar-refractivity contribution < 1.29 is 9.47 Å². The van der Waals surface area contributed by atoms with Crippen molar-refractivity contribution in [3.8, 4) is 0 Å². The molecule has 0 saturated carbocycles. The summed E-state index contributed by atoms with van der Waals surface area (Å²) in [5.41, 5.74) is 7.05. The van der Waals surface area contributed by atoms with Crippen LogP contribution >= 0.6 is 11.6 Å². The Bertz CT molecular complexity index is 391. The Kier molecular flexibility index (Phi) is 5.64. The van der Waals surface area contributed by atoms with E-state index in [4.69, 9.17) is 26.8 Å². The zero-order valence-electron chi connectivity index (χ0n) is 11.3. The molecule has 3 atom stereocenters. The summed E-state index contributed by atoms with van der Waals surface area (Å²) in [5.74, 6) is 0. The molecule has 19 heavy (non-hydrogen) atoms. The van der Waals surface area contributed by atoms with Crippen LogP contribution in [0.1, 0.15) is 37.9 Å². The van der Waals surface area contributed by atoms with E-state index in [0.29, 0.717) is 11.6 Å². The SMILES string of the molecule is CC(N)C(OCC1CCCCO1)c1cccc(Cl)c1. The topological polar surface area (TPSA) is 44.5 Å². The molecule has 0 aliphatic carbocycles. The lowest BCUT2D eigenvalue weighted by Crippen LogP contribution is -2.31. The van der Waals surface area contributed by atoms with Gasteiger partial charge < -0.3 is 15.2 Å². The second-order valence-corrected chi connectivity index (χ2v) is 5.59. The quantitative estimate of drug-likeness (QED) is 0.902. The van der Waals surface area contributed by atoms with E-state index in [2.05, 4.69) is 0 Å². The van der Waals surface area contributed by atoms with Gasteiger partial charge in [-0.1, -0.05) is 23.7 Å². The van der Waals surface area contributed by atoms with E-state index >= 15 is 0 Å². The van der Waals surface area contributed by atoms with Crippen LogP contribution in [0.15, 0.2) is 24.3 Å². The Labute approximate surface area is 120 Å². The van der Waals surface area contributed by atoms with Crippen molar-refractivity contribution in [2.24, 2.45) is 5.73 Å². The van der Waals surface area contributed by atoms with Crippen molar-refractivity contribution in [3.05, 3.63) is 34.9 Å². The Morgan fingerprint density at radius 2 is 2.32 bits per heavy atom. The maximum Gasteiger partial charge on any atom is 0.0974 e. The molecule has 1 saturated heterocycles. The van der Waals surface area contributed by atoms with Gasteiger partial charge >= 0.3 is 0 Å². The van der Waals surface area contributed by atoms with Crippen LogP contribution in [0.25, 0.3) is 0 Å². The third-order valence-electron chi connectivity index (χ3n) is 3.39. The van der Waals surface area contributed by atoms with Gasteiger partial charge in [-0.25, -0.2) is 0 Å². The van der Waals surface area contributed by atoms with Gasteiger partial charge in [0.05, 0.1) is 18.8 Å². The van der Waals surface area contributed by atoms with Crippen LogP contribution < -0.4 is 5.73 Å². The van der Waals surface area contributed by atoms with E-state index < -0.39 is 0 Å². The molecule has 2 N–H and O–H groups in total. The molecule has 2 rings (SSSR count). The summed E-state index contributed by atoms with van der Waals surface area (Å²) in [7, 11) is 0. The second kappa shape index (κ2) is 7.25. The second-order valence-electron chi connectivity index (χ2n) is 5.16. The molecule has 0 radical (unpaired) electrons. The molecule has 1 aromatic carbocycles. The molecular weight excluding hydrogens is 262 g/mol. The fraction of sp³-hybridized carbons (Fsp3) is 0.600. The summed E-state index contributed by atoms with van der Waals surface area (Å²) in [6.45, 7) is 3.39. The zero-order chi connectivity index (χ0) is 13.7. The molecule has 0 bridgehead atoms. The predicted molar refractivity (Wildman–Crippen MR) is 77.4 cm³/mol. The summed E-state index contributed by atoms with van der Waals surface area (Å²) in [4.78, 5) is 0. The minimum atomic E-state index is -0.135. The van der Waals surface area contributed by atoms with Gasteiger partial charge in [0.2, 0.25) is 0 Å². The number of rotatable bonds is 5. The lowest BCUT2D eigenvalue weighted by atomic mass is 10.0. The fourth-order valence-electron chi connectivity index (χ4n) is 2.38. The van der Waals surface area contributed by atoms with Gasteiger partial charge in [-0.05, 0) is 43.9 Å². The summed E-state index contributed by atoms with van der Waals surface area (Å²) in [5, 5.41) is 0.709. The number of halogens is 1. The Hall–Kier alpha value is -0.610. The molecule has 106 valence electrons. The zero-order valence-corrected chi connectivity index (χ0v) is 12.1. The van der Waals surface area contributed by atoms with Gasteiger partial charge in [-0.3, -0.25) is 0 Å². The molecule has 3 unspecified atom stereocenters. The maximum absolute atomic E-state index is 6.03. The first-order valence-corrected chi connectivity index (χ1v) is 7.29. The largest absolute Gasteiger partial charge is 0.376 e. The van der Waals surface area contributed by atoms with E-state index in [0.717, 1.165) is 25.0 Å². The smallest absolute Gasteiger partial charge is 0.0974 e. The highest BCUT2D eigenvalue weighted by atomic mass is 35.5. The first-order chi connectivity index (χ1) is 9.16. The standard InChI is InChI=1S/C15H22ClNO2/c1-11(17)15(12-5-4-6-13(16)9-12)19-10-14-7-2-3-8-18-14/h4-6,9,11,14-15H,2-3,7-8,10,17H2,1H3. The van der Waals surface area contributed by atoms with E-state index in [1.807, 2.05) is 31.2 Å². The van der Waals surface area contributed by atoms with Gasteiger partial charge in [-0.2, -0.15) is 0 Å². The summed E-state index contributed by atoms with van der Waals surface area (Å²) in [6.07, 6.45) is 3.51. The van der Waals surface area contributed by atoms with Gasteiger partial charge in [0, 0.05) is 17.7 Å². The van der Waals surface area contributed by atoms with Crippen LogP contribution in [0.5, 0.6) is 0 Å². The molecule has 1 aromatic rings. The van der Waals surface area contributed by atoms with E-state index in [1.54, 1.807) is 0 Å². The van der Waals surface area contributed by atoms with Crippen molar-refractivity contribution in [1.29, 1.82) is 0 Å². The molecule has 1 aliphatic rings. The number of nitrogens with two attached hydrogens (primary N) is 1. The molecule has 3 nitrogen and oxygen atoms in total. The van der Waals surface area contributed by atoms with E-state index in [1.165, 1.54) is 6.42 Å². The molecule has 1 fully saturated rings. The molecular formula is C15H22ClNO2. The van der Waals surface area contributed by atoms with Crippen LogP contribution in [0.3, 0.4) is 0 Å². The summed E-state index contributed by atoms with van der Waals surface area (Å²) >= 11 is 6.02. The van der Waals surface area contributed by atoms with Crippen molar-refractivity contribution in [2.45, 2.75) is 44.4 Å². The lowest BCUT2D eigenvalue weighted by Gasteiger charge is -2.27. The Balaban J connectivity index is 1.96. The van der Waals surface area contributed by atoms with Crippen molar-refractivity contribution in [2.75, 3.05) is 13.2 Å². The normalized spacial score (nSPS) is 23.0. The number of benzene rings is 1. The highest BCUT2D eigenvalue weighted by Gasteiger charge is 2.21. The number of hydrogen-bond donors (Lipinski definition) is 1. The molecule has 1 aliphatic heterocycles. The molecule has 1 heterocycles. The Morgan fingerprint density at radius 3 is 2.95 bits per heavy atom. The van der Waals surface area contributed by atoms with Crippen LogP contribution in [-0.2, 0) is 9.47 Å². The van der Waals surface area contributed by atoms with Crippen molar-refractivity contribution >= 4 is 11.6 Å². The molecule has 0 spiro atoms. The van der Waals surface area contributed by atoms with Crippen LogP contribution in [-0.4, -0.2) is 25.4 Å². The number of hydrogen-bond acceptors (Lipinski definition) is 3. The lowest BCUT2D eigenvalue weighted by molar-refractivity contribution is -0.0680. The third kappa shape index (κ3) is 4.46. The van der Waals surface area contributed by atoms with Gasteiger partial charge in [0.15, 0.2) is 0 Å². The minimum Gasteiger partial charge on any atom is -0.376 e. The number of ether oxygens (including phenoxy) is 2. The summed E-state index contributed by atoms with van der Waals surface area (Å²) in [6, 6.07) is 7.61. The van der Waals surface area contributed by atoms with Crippen LogP contribution in [0.4, 0.5) is 0 Å². The highest BCUT2D eigenvalue weighted by molar-refractivity contribution is 6.30. The average Bonchev–Trinajstić information content (AvgIpc) is 2.40. The first kappa shape index (κ1) is 14.8. The minimum absolute atomic E-state index is 0.0814. The van der Waals surface area contributed by atoms with Gasteiger partial charge in [-0.15, -0.1) is 0 Å². The van der Waals surface area contributed by atoms with Crippen molar-refractivity contribution in [1.82, 2.24) is 0 Å². The average molecular weight is 284 g/mol. The molecule has 4 heteroatoms. The highest BCUT2D eigenvalue weighted by Crippen LogP contribution is 2.24.